The molecule has 2 rings (SSSR count). The van der Waals surface area contributed by atoms with Gasteiger partial charge < -0.3 is 5.11 Å². The lowest BCUT2D eigenvalue weighted by Crippen LogP contribution is -2.20. The Morgan fingerprint density at radius 3 is 2.36 bits per heavy atom. The van der Waals surface area contributed by atoms with Gasteiger partial charge in [0.15, 0.2) is 0 Å². The predicted octanol–water partition coefficient (Wildman–Crippen LogP) is 2.34. The van der Waals surface area contributed by atoms with Crippen LogP contribution in [0.3, 0.4) is 0 Å². The van der Waals surface area contributed by atoms with Crippen LogP contribution in [0.15, 0.2) is 30.3 Å². The zero-order valence-corrected chi connectivity index (χ0v) is 8.16. The van der Waals surface area contributed by atoms with Crippen LogP contribution in [0, 0.1) is 11.8 Å². The van der Waals surface area contributed by atoms with Crippen LogP contribution in [0.5, 0.6) is 0 Å². The molecule has 0 bridgehead atoms. The van der Waals surface area contributed by atoms with Crippen molar-refractivity contribution in [3.05, 3.63) is 35.9 Å². The van der Waals surface area contributed by atoms with Gasteiger partial charge in [0.25, 0.3) is 0 Å². The Kier molecular flexibility index (Phi) is 2.56. The lowest BCUT2D eigenvalue weighted by molar-refractivity contribution is 0.110. The molecule has 0 radical (unpaired) electrons. The van der Waals surface area contributed by atoms with E-state index in [0.29, 0.717) is 0 Å². The third kappa shape index (κ3) is 2.16. The number of hydrogen-bond donors (Lipinski definition) is 1. The molecule has 0 atom stereocenters. The summed E-state index contributed by atoms with van der Waals surface area (Å²) < 4.78 is 0. The molecule has 0 unspecified atom stereocenters. The van der Waals surface area contributed by atoms with Crippen molar-refractivity contribution in [2.45, 2.75) is 31.3 Å². The van der Waals surface area contributed by atoms with E-state index in [4.69, 9.17) is 0 Å². The average Bonchev–Trinajstić information content (AvgIpc) is 2.65. The van der Waals surface area contributed by atoms with Gasteiger partial charge in [-0.15, -0.1) is 0 Å². The Morgan fingerprint density at radius 1 is 1.07 bits per heavy atom. The van der Waals surface area contributed by atoms with E-state index in [0.717, 1.165) is 31.2 Å². The summed E-state index contributed by atoms with van der Waals surface area (Å²) in [5.41, 5.74) is 0.267. The van der Waals surface area contributed by atoms with E-state index in [9.17, 15) is 5.11 Å². The number of aliphatic hydroxyl groups is 1. The Hall–Kier alpha value is -1.26. The Morgan fingerprint density at radius 2 is 1.71 bits per heavy atom. The minimum absolute atomic E-state index is 0.712. The van der Waals surface area contributed by atoms with Crippen LogP contribution in [0.25, 0.3) is 0 Å². The fourth-order valence-corrected chi connectivity index (χ4v) is 1.79. The second-order valence-electron chi connectivity index (χ2n) is 3.85. The summed E-state index contributed by atoms with van der Waals surface area (Å²) in [6.45, 7) is 0. The molecule has 72 valence electrons. The van der Waals surface area contributed by atoms with Gasteiger partial charge in [-0.1, -0.05) is 30.0 Å². The van der Waals surface area contributed by atoms with Gasteiger partial charge in [0, 0.05) is 5.56 Å². The van der Waals surface area contributed by atoms with Crippen LogP contribution in [0.1, 0.15) is 31.2 Å². The van der Waals surface area contributed by atoms with Gasteiger partial charge in [-0.2, -0.15) is 0 Å². The third-order valence-corrected chi connectivity index (χ3v) is 2.64. The van der Waals surface area contributed by atoms with Crippen molar-refractivity contribution in [1.82, 2.24) is 0 Å². The Bertz CT molecular complexity index is 350. The van der Waals surface area contributed by atoms with Gasteiger partial charge in [-0.05, 0) is 37.8 Å². The van der Waals surface area contributed by atoms with Crippen molar-refractivity contribution in [2.24, 2.45) is 0 Å². The monoisotopic (exact) mass is 186 g/mol. The van der Waals surface area contributed by atoms with Crippen LogP contribution < -0.4 is 0 Å². The first-order valence-corrected chi connectivity index (χ1v) is 5.09. The fourth-order valence-electron chi connectivity index (χ4n) is 1.79. The van der Waals surface area contributed by atoms with Gasteiger partial charge >= 0.3 is 0 Å². The first-order chi connectivity index (χ1) is 6.79. The number of benzene rings is 1. The maximum absolute atomic E-state index is 9.98. The van der Waals surface area contributed by atoms with Gasteiger partial charge in [0.2, 0.25) is 0 Å². The summed E-state index contributed by atoms with van der Waals surface area (Å²) in [5.74, 6) is 6.01. The molecule has 0 aliphatic heterocycles. The molecule has 0 heterocycles. The van der Waals surface area contributed by atoms with Gasteiger partial charge in [0.1, 0.15) is 5.60 Å². The highest BCUT2D eigenvalue weighted by Crippen LogP contribution is 2.28. The SMILES string of the molecule is OC1(C#Cc2ccccc2)CCCC1. The molecule has 1 aromatic carbocycles. The van der Waals surface area contributed by atoms with E-state index in [2.05, 4.69) is 11.8 Å². The Balaban J connectivity index is 2.14. The molecular weight excluding hydrogens is 172 g/mol. The number of hydrogen-bond acceptors (Lipinski definition) is 1. The maximum Gasteiger partial charge on any atom is 0.125 e. The zero-order chi connectivity index (χ0) is 9.86. The van der Waals surface area contributed by atoms with Crippen molar-refractivity contribution in [2.75, 3.05) is 0 Å². The summed E-state index contributed by atoms with van der Waals surface area (Å²) >= 11 is 0. The van der Waals surface area contributed by atoms with Crippen molar-refractivity contribution in [3.8, 4) is 11.8 Å². The summed E-state index contributed by atoms with van der Waals surface area (Å²) in [6, 6.07) is 9.82. The van der Waals surface area contributed by atoms with Gasteiger partial charge in [0.05, 0.1) is 0 Å². The normalized spacial score (nSPS) is 18.6. The molecule has 1 aromatic rings. The molecule has 0 aromatic heterocycles. The quantitative estimate of drug-likeness (QED) is 0.617. The average molecular weight is 186 g/mol. The molecule has 1 aliphatic carbocycles. The molecule has 14 heavy (non-hydrogen) atoms. The molecule has 0 amide bonds. The second-order valence-corrected chi connectivity index (χ2v) is 3.85. The molecule has 0 saturated heterocycles. The largest absolute Gasteiger partial charge is 0.378 e. The summed E-state index contributed by atoms with van der Waals surface area (Å²) in [5, 5.41) is 9.98. The summed E-state index contributed by atoms with van der Waals surface area (Å²) in [6.07, 6.45) is 3.85. The third-order valence-electron chi connectivity index (χ3n) is 2.64. The molecule has 1 nitrogen and oxygen atoms in total. The van der Waals surface area contributed by atoms with Crippen molar-refractivity contribution in [1.29, 1.82) is 0 Å². The zero-order valence-electron chi connectivity index (χ0n) is 8.16. The summed E-state index contributed by atoms with van der Waals surface area (Å²) in [4.78, 5) is 0. The minimum atomic E-state index is -0.712. The predicted molar refractivity (Wildman–Crippen MR) is 56.7 cm³/mol. The lowest BCUT2D eigenvalue weighted by Gasteiger charge is -2.12. The molecular formula is C13H14O. The number of rotatable bonds is 0. The van der Waals surface area contributed by atoms with Crippen LogP contribution in [0.4, 0.5) is 0 Å². The molecule has 1 fully saturated rings. The first kappa shape index (κ1) is 9.30. The van der Waals surface area contributed by atoms with Crippen LogP contribution in [-0.4, -0.2) is 10.7 Å². The van der Waals surface area contributed by atoms with E-state index in [1.54, 1.807) is 0 Å². The lowest BCUT2D eigenvalue weighted by atomic mass is 10.0. The molecule has 1 aliphatic rings. The van der Waals surface area contributed by atoms with Crippen LogP contribution in [0.2, 0.25) is 0 Å². The fraction of sp³-hybridized carbons (Fsp3) is 0.385. The maximum atomic E-state index is 9.98. The van der Waals surface area contributed by atoms with Crippen molar-refractivity contribution < 1.29 is 5.11 Å². The first-order valence-electron chi connectivity index (χ1n) is 5.09. The van der Waals surface area contributed by atoms with Crippen molar-refractivity contribution >= 4 is 0 Å². The van der Waals surface area contributed by atoms with Crippen molar-refractivity contribution in [3.63, 3.8) is 0 Å². The molecule has 1 N–H and O–H groups in total. The molecule has 0 spiro atoms. The smallest absolute Gasteiger partial charge is 0.125 e. The molecule has 1 heteroatoms. The summed E-state index contributed by atoms with van der Waals surface area (Å²) in [7, 11) is 0. The molecule has 1 saturated carbocycles. The highest BCUT2D eigenvalue weighted by Gasteiger charge is 2.28. The van der Waals surface area contributed by atoms with E-state index in [1.807, 2.05) is 30.3 Å². The van der Waals surface area contributed by atoms with E-state index in [1.165, 1.54) is 0 Å². The van der Waals surface area contributed by atoms with Gasteiger partial charge in [-0.3, -0.25) is 0 Å². The highest BCUT2D eigenvalue weighted by atomic mass is 16.3. The second kappa shape index (κ2) is 3.86. The van der Waals surface area contributed by atoms with Crippen LogP contribution >= 0.6 is 0 Å². The van der Waals surface area contributed by atoms with Gasteiger partial charge in [-0.25, -0.2) is 0 Å². The van der Waals surface area contributed by atoms with E-state index in [-0.39, 0.29) is 0 Å². The van der Waals surface area contributed by atoms with Crippen LogP contribution in [-0.2, 0) is 0 Å². The highest BCUT2D eigenvalue weighted by molar-refractivity contribution is 5.36. The van der Waals surface area contributed by atoms with E-state index < -0.39 is 5.60 Å². The Labute approximate surface area is 84.8 Å². The minimum Gasteiger partial charge on any atom is -0.378 e. The standard InChI is InChI=1S/C13H14O/c14-13(9-4-5-10-13)11-8-12-6-2-1-3-7-12/h1-3,6-7,14H,4-5,9-10H2. The van der Waals surface area contributed by atoms with E-state index >= 15 is 0 Å². The topological polar surface area (TPSA) is 20.2 Å².